The highest BCUT2D eigenvalue weighted by Crippen LogP contribution is 2.22. The topological polar surface area (TPSA) is 33.1 Å². The summed E-state index contributed by atoms with van der Waals surface area (Å²) in [7, 11) is 2.05. The SMILES string of the molecule is Cc1cc(CN2CC(C)(C)NCC2CC(C)C)n(C)n1. The molecule has 4 nitrogen and oxygen atoms in total. The van der Waals surface area contributed by atoms with Crippen LogP contribution in [0.25, 0.3) is 0 Å². The Kier molecular flexibility index (Phi) is 4.55. The van der Waals surface area contributed by atoms with E-state index in [9.17, 15) is 0 Å². The van der Waals surface area contributed by atoms with Crippen molar-refractivity contribution in [3.05, 3.63) is 17.5 Å². The molecular weight excluding hydrogens is 248 g/mol. The van der Waals surface area contributed by atoms with Crippen LogP contribution in [0.4, 0.5) is 0 Å². The number of hydrogen-bond acceptors (Lipinski definition) is 3. The van der Waals surface area contributed by atoms with Crippen LogP contribution < -0.4 is 5.32 Å². The van der Waals surface area contributed by atoms with E-state index in [1.807, 2.05) is 11.7 Å². The molecule has 1 atom stereocenters. The zero-order chi connectivity index (χ0) is 14.9. The number of aromatic nitrogens is 2. The number of nitrogens with one attached hydrogen (secondary N) is 1. The van der Waals surface area contributed by atoms with Gasteiger partial charge in [-0.15, -0.1) is 0 Å². The van der Waals surface area contributed by atoms with Crippen LogP contribution in [0.5, 0.6) is 0 Å². The Balaban J connectivity index is 2.12. The molecule has 0 saturated carbocycles. The third-order valence-corrected chi connectivity index (χ3v) is 4.14. The van der Waals surface area contributed by atoms with Crippen molar-refractivity contribution in [3.8, 4) is 0 Å². The first-order valence-electron chi connectivity index (χ1n) is 7.75. The van der Waals surface area contributed by atoms with E-state index in [2.05, 4.69) is 56.0 Å². The fraction of sp³-hybridized carbons (Fsp3) is 0.812. The van der Waals surface area contributed by atoms with E-state index in [1.165, 1.54) is 12.1 Å². The maximum absolute atomic E-state index is 4.47. The molecule has 0 aromatic carbocycles. The van der Waals surface area contributed by atoms with Crippen molar-refractivity contribution in [2.24, 2.45) is 13.0 Å². The molecule has 0 aliphatic carbocycles. The predicted molar refractivity (Wildman–Crippen MR) is 83.7 cm³/mol. The van der Waals surface area contributed by atoms with Crippen molar-refractivity contribution in [2.75, 3.05) is 13.1 Å². The van der Waals surface area contributed by atoms with E-state index >= 15 is 0 Å². The van der Waals surface area contributed by atoms with E-state index in [0.717, 1.165) is 31.2 Å². The second kappa shape index (κ2) is 5.86. The Morgan fingerprint density at radius 3 is 2.70 bits per heavy atom. The predicted octanol–water partition coefficient (Wildman–Crippen LogP) is 2.33. The molecule has 0 radical (unpaired) electrons. The molecule has 20 heavy (non-hydrogen) atoms. The minimum absolute atomic E-state index is 0.196. The van der Waals surface area contributed by atoms with E-state index < -0.39 is 0 Å². The first-order chi connectivity index (χ1) is 9.27. The second-order valence-electron chi connectivity index (χ2n) is 7.35. The summed E-state index contributed by atoms with van der Waals surface area (Å²) >= 11 is 0. The van der Waals surface area contributed by atoms with Crippen molar-refractivity contribution in [1.29, 1.82) is 0 Å². The fourth-order valence-corrected chi connectivity index (χ4v) is 3.20. The second-order valence-corrected chi connectivity index (χ2v) is 7.35. The van der Waals surface area contributed by atoms with Crippen LogP contribution in [0, 0.1) is 12.8 Å². The van der Waals surface area contributed by atoms with Crippen molar-refractivity contribution < 1.29 is 0 Å². The lowest BCUT2D eigenvalue weighted by molar-refractivity contribution is 0.0738. The van der Waals surface area contributed by atoms with Crippen LogP contribution >= 0.6 is 0 Å². The molecule has 0 amide bonds. The molecule has 1 aromatic heterocycles. The molecule has 1 fully saturated rings. The highest BCUT2D eigenvalue weighted by molar-refractivity contribution is 5.09. The smallest absolute Gasteiger partial charge is 0.0597 e. The molecule has 114 valence electrons. The number of rotatable bonds is 4. The van der Waals surface area contributed by atoms with E-state index in [4.69, 9.17) is 0 Å². The normalized spacial score (nSPS) is 23.4. The van der Waals surface area contributed by atoms with E-state index in [-0.39, 0.29) is 5.54 Å². The lowest BCUT2D eigenvalue weighted by atomic mass is 9.94. The van der Waals surface area contributed by atoms with Gasteiger partial charge in [-0.2, -0.15) is 5.10 Å². The fourth-order valence-electron chi connectivity index (χ4n) is 3.20. The van der Waals surface area contributed by atoms with Crippen LogP contribution in [0.2, 0.25) is 0 Å². The molecule has 0 bridgehead atoms. The molecule has 0 spiro atoms. The summed E-state index contributed by atoms with van der Waals surface area (Å²) in [4.78, 5) is 2.63. The minimum atomic E-state index is 0.196. The number of nitrogens with zero attached hydrogens (tertiary/aromatic N) is 3. The highest BCUT2D eigenvalue weighted by Gasteiger charge is 2.33. The third kappa shape index (κ3) is 3.83. The molecule has 1 aromatic rings. The lowest BCUT2D eigenvalue weighted by Crippen LogP contribution is -2.61. The summed E-state index contributed by atoms with van der Waals surface area (Å²) in [5.74, 6) is 0.735. The molecule has 1 N–H and O–H groups in total. The maximum Gasteiger partial charge on any atom is 0.0597 e. The van der Waals surface area contributed by atoms with Crippen molar-refractivity contribution in [3.63, 3.8) is 0 Å². The van der Waals surface area contributed by atoms with Crippen LogP contribution in [0.3, 0.4) is 0 Å². The highest BCUT2D eigenvalue weighted by atomic mass is 15.3. The van der Waals surface area contributed by atoms with Gasteiger partial charge in [0.15, 0.2) is 0 Å². The summed E-state index contributed by atoms with van der Waals surface area (Å²) < 4.78 is 2.02. The van der Waals surface area contributed by atoms with Gasteiger partial charge < -0.3 is 5.32 Å². The van der Waals surface area contributed by atoms with Crippen LogP contribution in [0.15, 0.2) is 6.07 Å². The van der Waals surface area contributed by atoms with Crippen LogP contribution in [-0.2, 0) is 13.6 Å². The number of piperazine rings is 1. The molecule has 1 unspecified atom stereocenters. The zero-order valence-corrected chi connectivity index (χ0v) is 13.9. The Labute approximate surface area is 123 Å². The summed E-state index contributed by atoms with van der Waals surface area (Å²) in [5, 5.41) is 8.16. The Hall–Kier alpha value is -0.870. The Morgan fingerprint density at radius 1 is 1.45 bits per heavy atom. The lowest BCUT2D eigenvalue weighted by Gasteiger charge is -2.45. The van der Waals surface area contributed by atoms with Crippen molar-refractivity contribution >= 4 is 0 Å². The van der Waals surface area contributed by atoms with Crippen molar-refractivity contribution in [1.82, 2.24) is 20.0 Å². The van der Waals surface area contributed by atoms with Gasteiger partial charge in [0.2, 0.25) is 0 Å². The van der Waals surface area contributed by atoms with Gasteiger partial charge in [0.25, 0.3) is 0 Å². The van der Waals surface area contributed by atoms with Gasteiger partial charge in [-0.25, -0.2) is 0 Å². The van der Waals surface area contributed by atoms with Crippen LogP contribution in [0.1, 0.15) is 45.5 Å². The van der Waals surface area contributed by atoms with E-state index in [0.29, 0.717) is 6.04 Å². The average Bonchev–Trinajstić information content (AvgIpc) is 2.60. The standard InChI is InChI=1S/C16H30N4/c1-12(2)7-14-9-17-16(4,5)11-20(14)10-15-8-13(3)18-19(15)6/h8,12,14,17H,7,9-11H2,1-6H3. The summed E-state index contributed by atoms with van der Waals surface area (Å²) in [6.45, 7) is 14.5. The van der Waals surface area contributed by atoms with Gasteiger partial charge in [0.05, 0.1) is 11.4 Å². The van der Waals surface area contributed by atoms with Crippen molar-refractivity contribution in [2.45, 2.75) is 59.2 Å². The maximum atomic E-state index is 4.47. The largest absolute Gasteiger partial charge is 0.309 e. The molecule has 1 aliphatic rings. The van der Waals surface area contributed by atoms with Gasteiger partial charge in [0, 0.05) is 38.3 Å². The molecule has 1 saturated heterocycles. The quantitative estimate of drug-likeness (QED) is 0.917. The zero-order valence-electron chi connectivity index (χ0n) is 13.9. The third-order valence-electron chi connectivity index (χ3n) is 4.14. The summed E-state index contributed by atoms with van der Waals surface area (Å²) in [6.07, 6.45) is 1.25. The average molecular weight is 278 g/mol. The van der Waals surface area contributed by atoms with Gasteiger partial charge in [-0.1, -0.05) is 13.8 Å². The summed E-state index contributed by atoms with van der Waals surface area (Å²) in [6, 6.07) is 2.83. The number of hydrogen-bond donors (Lipinski definition) is 1. The molecule has 2 rings (SSSR count). The van der Waals surface area contributed by atoms with E-state index in [1.54, 1.807) is 0 Å². The Bertz CT molecular complexity index is 447. The first kappa shape index (κ1) is 15.5. The first-order valence-corrected chi connectivity index (χ1v) is 7.75. The molecule has 4 heteroatoms. The van der Waals surface area contributed by atoms with Gasteiger partial charge in [-0.05, 0) is 39.2 Å². The molecular formula is C16H30N4. The van der Waals surface area contributed by atoms with Gasteiger partial charge >= 0.3 is 0 Å². The minimum Gasteiger partial charge on any atom is -0.309 e. The molecule has 1 aliphatic heterocycles. The Morgan fingerprint density at radius 2 is 2.15 bits per heavy atom. The van der Waals surface area contributed by atoms with Gasteiger partial charge in [0.1, 0.15) is 0 Å². The molecule has 2 heterocycles. The van der Waals surface area contributed by atoms with Crippen LogP contribution in [-0.4, -0.2) is 39.4 Å². The monoisotopic (exact) mass is 278 g/mol. The summed E-state index contributed by atoms with van der Waals surface area (Å²) in [5.41, 5.74) is 2.62. The number of aryl methyl sites for hydroxylation is 2. The van der Waals surface area contributed by atoms with Gasteiger partial charge in [-0.3, -0.25) is 9.58 Å².